The number of nitrogens with one attached hydrogen (secondary N) is 3. The second-order valence-electron chi connectivity index (χ2n) is 8.52. The van der Waals surface area contributed by atoms with Gasteiger partial charge in [-0.25, -0.2) is 0 Å². The fraction of sp³-hybridized carbons (Fsp3) is 0.417. The minimum Gasteiger partial charge on any atom is -0.495 e. The number of fused-ring (bicyclic) bond motifs is 1. The lowest BCUT2D eigenvalue weighted by molar-refractivity contribution is -0.0746. The molecule has 2 saturated heterocycles. The number of carbonyl (C=O) groups excluding carboxylic acids is 1. The third kappa shape index (κ3) is 4.45. The van der Waals surface area contributed by atoms with Gasteiger partial charge in [0.2, 0.25) is 5.95 Å². The summed E-state index contributed by atoms with van der Waals surface area (Å²) in [4.78, 5) is 29.5. The van der Waals surface area contributed by atoms with Crippen LogP contribution in [0.25, 0.3) is 11.0 Å². The predicted octanol–water partition coefficient (Wildman–Crippen LogP) is 2.17. The van der Waals surface area contributed by atoms with Crippen LogP contribution in [0, 0.1) is 11.3 Å². The zero-order valence-corrected chi connectivity index (χ0v) is 19.8. The van der Waals surface area contributed by atoms with Gasteiger partial charge in [-0.15, -0.1) is 0 Å². The van der Waals surface area contributed by atoms with Crippen molar-refractivity contribution in [3.05, 3.63) is 35.5 Å². The molecule has 3 aromatic rings. The number of hydrogen-bond acceptors (Lipinski definition) is 9. The summed E-state index contributed by atoms with van der Waals surface area (Å²) >= 11 is 0. The molecule has 4 heterocycles. The maximum atomic E-state index is 13.1. The molecule has 2 aliphatic heterocycles. The van der Waals surface area contributed by atoms with Crippen molar-refractivity contribution in [1.29, 1.82) is 5.26 Å². The summed E-state index contributed by atoms with van der Waals surface area (Å²) in [6.07, 6.45) is 1.62. The van der Waals surface area contributed by atoms with Gasteiger partial charge in [-0.05, 0) is 25.1 Å². The molecule has 3 N–H and O–H groups in total. The van der Waals surface area contributed by atoms with Gasteiger partial charge in [-0.3, -0.25) is 9.69 Å². The first-order chi connectivity index (χ1) is 17.1. The normalized spacial score (nSPS) is 16.5. The molecule has 0 saturated carbocycles. The maximum absolute atomic E-state index is 13.1. The molecule has 0 radical (unpaired) electrons. The Morgan fingerprint density at radius 1 is 1.29 bits per heavy atom. The van der Waals surface area contributed by atoms with Gasteiger partial charge in [-0.2, -0.15) is 15.2 Å². The first kappa shape index (κ1) is 22.9. The van der Waals surface area contributed by atoms with Crippen molar-refractivity contribution in [1.82, 2.24) is 24.8 Å². The van der Waals surface area contributed by atoms with E-state index < -0.39 is 0 Å². The van der Waals surface area contributed by atoms with E-state index in [9.17, 15) is 10.1 Å². The van der Waals surface area contributed by atoms with E-state index in [2.05, 4.69) is 36.6 Å². The molecular formula is C24H28N8O3. The molecule has 0 aliphatic carbocycles. The number of rotatable bonds is 7. The van der Waals surface area contributed by atoms with E-state index >= 15 is 0 Å². The van der Waals surface area contributed by atoms with Gasteiger partial charge in [0.05, 0.1) is 43.0 Å². The Bertz CT molecular complexity index is 1270. The molecule has 2 fully saturated rings. The summed E-state index contributed by atoms with van der Waals surface area (Å²) in [6, 6.07) is 7.97. The van der Waals surface area contributed by atoms with Crippen LogP contribution in [0.1, 0.15) is 22.8 Å². The highest BCUT2D eigenvalue weighted by Gasteiger charge is 2.30. The van der Waals surface area contributed by atoms with Gasteiger partial charge in [0, 0.05) is 44.5 Å². The number of ether oxygens (including phenoxy) is 2. The molecule has 0 unspecified atom stereocenters. The smallest absolute Gasteiger partial charge is 0.254 e. The number of anilines is 3. The predicted molar refractivity (Wildman–Crippen MR) is 131 cm³/mol. The lowest BCUT2D eigenvalue weighted by Gasteiger charge is -2.42. The highest BCUT2D eigenvalue weighted by molar-refractivity contribution is 5.96. The SMILES string of the molecule is CCNc1nc(Nc2ccc(C(=O)N3CCN(C4COC4)CC3)cc2OC)nc2[nH]cc(C#N)c12. The van der Waals surface area contributed by atoms with E-state index in [0.29, 0.717) is 71.0 Å². The van der Waals surface area contributed by atoms with Gasteiger partial charge in [0.15, 0.2) is 0 Å². The molecule has 1 aromatic carbocycles. The number of nitrogens with zero attached hydrogens (tertiary/aromatic N) is 5. The van der Waals surface area contributed by atoms with E-state index in [1.54, 1.807) is 31.5 Å². The average molecular weight is 477 g/mol. The molecule has 35 heavy (non-hydrogen) atoms. The zero-order chi connectivity index (χ0) is 24.4. The van der Waals surface area contributed by atoms with Crippen LogP contribution >= 0.6 is 0 Å². The van der Waals surface area contributed by atoms with Crippen molar-refractivity contribution in [3.63, 3.8) is 0 Å². The molecule has 0 atom stereocenters. The third-order valence-corrected chi connectivity index (χ3v) is 6.43. The van der Waals surface area contributed by atoms with E-state index in [-0.39, 0.29) is 5.91 Å². The summed E-state index contributed by atoms with van der Waals surface area (Å²) < 4.78 is 10.9. The van der Waals surface area contributed by atoms with Gasteiger partial charge in [0.25, 0.3) is 5.91 Å². The zero-order valence-electron chi connectivity index (χ0n) is 19.8. The van der Waals surface area contributed by atoms with Gasteiger partial charge in [-0.1, -0.05) is 0 Å². The van der Waals surface area contributed by atoms with Crippen LogP contribution in [0.15, 0.2) is 24.4 Å². The van der Waals surface area contributed by atoms with Crippen molar-refractivity contribution in [3.8, 4) is 11.8 Å². The standard InChI is InChI=1S/C24H28N8O3/c1-3-26-21-20-16(11-25)12-27-22(20)30-24(29-21)28-18-5-4-15(10-19(18)34-2)23(33)32-8-6-31(7-9-32)17-13-35-14-17/h4-5,10,12,17H,3,6-9,13-14H2,1-2H3,(H3,26,27,28,29,30). The van der Waals surface area contributed by atoms with Gasteiger partial charge in [0.1, 0.15) is 23.3 Å². The van der Waals surface area contributed by atoms with Crippen molar-refractivity contribution in [2.24, 2.45) is 0 Å². The number of methoxy groups -OCH3 is 1. The van der Waals surface area contributed by atoms with E-state index in [1.165, 1.54) is 0 Å². The lowest BCUT2D eigenvalue weighted by Crippen LogP contribution is -2.57. The Balaban J connectivity index is 1.34. The van der Waals surface area contributed by atoms with Crippen LogP contribution < -0.4 is 15.4 Å². The summed E-state index contributed by atoms with van der Waals surface area (Å²) in [5.74, 6) is 1.41. The second-order valence-corrected chi connectivity index (χ2v) is 8.52. The Labute approximate surface area is 203 Å². The topological polar surface area (TPSA) is 131 Å². The fourth-order valence-corrected chi connectivity index (χ4v) is 4.43. The van der Waals surface area contributed by atoms with Gasteiger partial charge >= 0.3 is 0 Å². The van der Waals surface area contributed by atoms with E-state index in [4.69, 9.17) is 9.47 Å². The van der Waals surface area contributed by atoms with Crippen LogP contribution in [0.2, 0.25) is 0 Å². The summed E-state index contributed by atoms with van der Waals surface area (Å²) in [6.45, 7) is 7.28. The van der Waals surface area contributed by atoms with Crippen LogP contribution in [-0.4, -0.2) is 89.7 Å². The quantitative estimate of drug-likeness (QED) is 0.469. The number of nitriles is 1. The Kier molecular flexibility index (Phi) is 6.39. The number of H-pyrrole nitrogens is 1. The minimum atomic E-state index is -0.0121. The van der Waals surface area contributed by atoms with Crippen LogP contribution in [-0.2, 0) is 4.74 Å². The van der Waals surface area contributed by atoms with Crippen molar-refractivity contribution >= 4 is 34.4 Å². The number of amides is 1. The number of aromatic nitrogens is 3. The van der Waals surface area contributed by atoms with Crippen molar-refractivity contribution in [2.45, 2.75) is 13.0 Å². The fourth-order valence-electron chi connectivity index (χ4n) is 4.43. The van der Waals surface area contributed by atoms with E-state index in [0.717, 1.165) is 26.3 Å². The third-order valence-electron chi connectivity index (χ3n) is 6.43. The van der Waals surface area contributed by atoms with Gasteiger partial charge < -0.3 is 30.0 Å². The number of piperazine rings is 1. The number of hydrogen-bond donors (Lipinski definition) is 3. The molecule has 1 amide bonds. The number of aromatic amines is 1. The van der Waals surface area contributed by atoms with E-state index in [1.807, 2.05) is 11.8 Å². The van der Waals surface area contributed by atoms with Crippen molar-refractivity contribution in [2.75, 3.05) is 63.7 Å². The molecule has 2 aromatic heterocycles. The molecule has 5 rings (SSSR count). The summed E-state index contributed by atoms with van der Waals surface area (Å²) in [5, 5.41) is 16.4. The minimum absolute atomic E-state index is 0.0121. The average Bonchev–Trinajstić information content (AvgIpc) is 3.27. The molecule has 0 bridgehead atoms. The molecular weight excluding hydrogens is 448 g/mol. The van der Waals surface area contributed by atoms with Crippen LogP contribution in [0.4, 0.5) is 17.5 Å². The molecule has 2 aliphatic rings. The largest absolute Gasteiger partial charge is 0.495 e. The van der Waals surface area contributed by atoms with Crippen LogP contribution in [0.5, 0.6) is 5.75 Å². The molecule has 182 valence electrons. The highest BCUT2D eigenvalue weighted by atomic mass is 16.5. The highest BCUT2D eigenvalue weighted by Crippen LogP contribution is 2.31. The monoisotopic (exact) mass is 476 g/mol. The Morgan fingerprint density at radius 3 is 2.74 bits per heavy atom. The number of benzene rings is 1. The second kappa shape index (κ2) is 9.77. The van der Waals surface area contributed by atoms with Crippen LogP contribution in [0.3, 0.4) is 0 Å². The first-order valence-corrected chi connectivity index (χ1v) is 11.7. The summed E-state index contributed by atoms with van der Waals surface area (Å²) in [5.41, 5.74) is 2.23. The molecule has 11 heteroatoms. The maximum Gasteiger partial charge on any atom is 0.254 e. The Morgan fingerprint density at radius 2 is 2.09 bits per heavy atom. The molecule has 0 spiro atoms. The summed E-state index contributed by atoms with van der Waals surface area (Å²) in [7, 11) is 1.56. The first-order valence-electron chi connectivity index (χ1n) is 11.7. The molecule has 11 nitrogen and oxygen atoms in total. The lowest BCUT2D eigenvalue weighted by atomic mass is 10.1. The van der Waals surface area contributed by atoms with Crippen molar-refractivity contribution < 1.29 is 14.3 Å². The Hall–Kier alpha value is -3.88. The number of carbonyl (C=O) groups is 1.